The molecule has 1 aliphatic heterocycles. The minimum atomic E-state index is -0.397. The molecule has 0 unspecified atom stereocenters. The number of halogens is 1. The summed E-state index contributed by atoms with van der Waals surface area (Å²) in [5.41, 5.74) is 0.716. The number of hydrogen-bond donors (Lipinski definition) is 1. The molecule has 0 radical (unpaired) electrons. The molecule has 0 aliphatic carbocycles. The number of aliphatic hydroxyl groups excluding tert-OH is 1. The van der Waals surface area contributed by atoms with Crippen LogP contribution in [-0.2, 0) is 0 Å². The van der Waals surface area contributed by atoms with Gasteiger partial charge in [-0.1, -0.05) is 0 Å². The number of likely N-dealkylation sites (tertiary alicyclic amines) is 1. The Morgan fingerprint density at radius 3 is 2.94 bits per heavy atom. The maximum atomic E-state index is 12.4. The second-order valence-corrected chi connectivity index (χ2v) is 7.07. The Hall–Kier alpha value is -0.390. The molecule has 5 heteroatoms. The monoisotopic (exact) mass is 317 g/mol. The smallest absolute Gasteiger partial charge is 0.256 e. The Morgan fingerprint density at radius 2 is 2.35 bits per heavy atom. The summed E-state index contributed by atoms with van der Waals surface area (Å²) >= 11 is 5.00. The van der Waals surface area contributed by atoms with E-state index < -0.39 is 6.10 Å². The number of rotatable bonds is 1. The van der Waals surface area contributed by atoms with Gasteiger partial charge in [-0.05, 0) is 48.7 Å². The molecule has 1 fully saturated rings. The van der Waals surface area contributed by atoms with E-state index in [0.717, 1.165) is 28.0 Å². The summed E-state index contributed by atoms with van der Waals surface area (Å²) in [5, 5.41) is 9.82. The first-order valence-electron chi connectivity index (χ1n) is 5.75. The molecule has 1 aromatic heterocycles. The number of aryl methyl sites for hydroxylation is 1. The molecule has 1 aromatic rings. The first-order chi connectivity index (χ1) is 8.00. The van der Waals surface area contributed by atoms with Gasteiger partial charge in [0.2, 0.25) is 0 Å². The van der Waals surface area contributed by atoms with Crippen LogP contribution in [0.15, 0.2) is 9.85 Å². The lowest BCUT2D eigenvalue weighted by Crippen LogP contribution is -2.49. The van der Waals surface area contributed by atoms with Gasteiger partial charge in [-0.3, -0.25) is 4.79 Å². The number of aliphatic hydroxyl groups is 1. The second kappa shape index (κ2) is 5.08. The fraction of sp³-hybridized carbons (Fsp3) is 0.583. The van der Waals surface area contributed by atoms with E-state index in [1.165, 1.54) is 0 Å². The van der Waals surface area contributed by atoms with Crippen LogP contribution < -0.4 is 0 Å². The zero-order valence-electron chi connectivity index (χ0n) is 9.94. The summed E-state index contributed by atoms with van der Waals surface area (Å²) in [6.45, 7) is 4.63. The summed E-state index contributed by atoms with van der Waals surface area (Å²) < 4.78 is 0.882. The van der Waals surface area contributed by atoms with Gasteiger partial charge in [-0.25, -0.2) is 0 Å². The lowest BCUT2D eigenvalue weighted by molar-refractivity contribution is 0.0180. The molecule has 0 saturated carbocycles. The van der Waals surface area contributed by atoms with Crippen LogP contribution in [0.2, 0.25) is 0 Å². The highest BCUT2D eigenvalue weighted by atomic mass is 79.9. The Labute approximate surface area is 114 Å². The number of carbonyl (C=O) groups is 1. The van der Waals surface area contributed by atoms with Crippen molar-refractivity contribution in [3.8, 4) is 0 Å². The SMILES string of the molecule is Cc1cc(C(=O)N2CCC[C@@H](O)[C@H]2C)c(Br)s1. The van der Waals surface area contributed by atoms with Gasteiger partial charge in [0, 0.05) is 11.4 Å². The van der Waals surface area contributed by atoms with Crippen LogP contribution in [0.5, 0.6) is 0 Å². The van der Waals surface area contributed by atoms with Gasteiger partial charge in [0.05, 0.1) is 21.5 Å². The molecule has 0 aromatic carbocycles. The molecule has 17 heavy (non-hydrogen) atoms. The maximum Gasteiger partial charge on any atom is 0.256 e. The molecule has 1 N–H and O–H groups in total. The zero-order valence-corrected chi connectivity index (χ0v) is 12.3. The largest absolute Gasteiger partial charge is 0.391 e. The van der Waals surface area contributed by atoms with Crippen molar-refractivity contribution in [1.29, 1.82) is 0 Å². The number of piperidine rings is 1. The third kappa shape index (κ3) is 2.56. The van der Waals surface area contributed by atoms with Crippen molar-refractivity contribution < 1.29 is 9.90 Å². The number of hydrogen-bond acceptors (Lipinski definition) is 3. The van der Waals surface area contributed by atoms with Crippen molar-refractivity contribution in [2.24, 2.45) is 0 Å². The van der Waals surface area contributed by atoms with Gasteiger partial charge in [-0.2, -0.15) is 0 Å². The van der Waals surface area contributed by atoms with E-state index >= 15 is 0 Å². The van der Waals surface area contributed by atoms with Crippen LogP contribution >= 0.6 is 27.3 Å². The number of amides is 1. The third-order valence-electron chi connectivity index (χ3n) is 3.25. The van der Waals surface area contributed by atoms with Crippen molar-refractivity contribution in [3.63, 3.8) is 0 Å². The van der Waals surface area contributed by atoms with Crippen LogP contribution in [-0.4, -0.2) is 34.6 Å². The van der Waals surface area contributed by atoms with E-state index in [4.69, 9.17) is 0 Å². The van der Waals surface area contributed by atoms with E-state index in [2.05, 4.69) is 15.9 Å². The maximum absolute atomic E-state index is 12.4. The minimum Gasteiger partial charge on any atom is -0.391 e. The topological polar surface area (TPSA) is 40.5 Å². The van der Waals surface area contributed by atoms with Crippen LogP contribution in [0.25, 0.3) is 0 Å². The van der Waals surface area contributed by atoms with Crippen molar-refractivity contribution in [2.75, 3.05) is 6.54 Å². The molecule has 94 valence electrons. The lowest BCUT2D eigenvalue weighted by Gasteiger charge is -2.36. The average molecular weight is 318 g/mol. The summed E-state index contributed by atoms with van der Waals surface area (Å²) in [7, 11) is 0. The normalized spacial score (nSPS) is 25.1. The first kappa shape index (κ1) is 13.1. The quantitative estimate of drug-likeness (QED) is 0.865. The molecule has 2 heterocycles. The van der Waals surface area contributed by atoms with Gasteiger partial charge < -0.3 is 10.0 Å². The van der Waals surface area contributed by atoms with Gasteiger partial charge in [-0.15, -0.1) is 11.3 Å². The van der Waals surface area contributed by atoms with Crippen LogP contribution in [0.4, 0.5) is 0 Å². The Kier molecular flexibility index (Phi) is 3.90. The second-order valence-electron chi connectivity index (χ2n) is 4.49. The number of nitrogens with zero attached hydrogens (tertiary/aromatic N) is 1. The minimum absolute atomic E-state index is 0.0208. The van der Waals surface area contributed by atoms with E-state index in [1.54, 1.807) is 16.2 Å². The third-order valence-corrected chi connectivity index (χ3v) is 5.00. The molecule has 1 saturated heterocycles. The fourth-order valence-corrected chi connectivity index (χ4v) is 3.96. The summed E-state index contributed by atoms with van der Waals surface area (Å²) in [4.78, 5) is 15.3. The van der Waals surface area contributed by atoms with Crippen LogP contribution in [0, 0.1) is 6.92 Å². The summed E-state index contributed by atoms with van der Waals surface area (Å²) in [5.74, 6) is 0.0208. The summed E-state index contributed by atoms with van der Waals surface area (Å²) in [6, 6.07) is 1.81. The molecule has 0 bridgehead atoms. The zero-order chi connectivity index (χ0) is 12.6. The van der Waals surface area contributed by atoms with Gasteiger partial charge in [0.15, 0.2) is 0 Å². The summed E-state index contributed by atoms with van der Waals surface area (Å²) in [6.07, 6.45) is 1.26. The van der Waals surface area contributed by atoms with Crippen molar-refractivity contribution in [3.05, 3.63) is 20.3 Å². The Balaban J connectivity index is 2.22. The molecule has 2 rings (SSSR count). The van der Waals surface area contributed by atoms with Crippen molar-refractivity contribution in [2.45, 2.75) is 38.8 Å². The molecule has 0 spiro atoms. The predicted octanol–water partition coefficient (Wildman–Crippen LogP) is 2.80. The highest BCUT2D eigenvalue weighted by Crippen LogP contribution is 2.30. The Morgan fingerprint density at radius 1 is 1.65 bits per heavy atom. The molecular weight excluding hydrogens is 302 g/mol. The van der Waals surface area contributed by atoms with E-state index in [0.29, 0.717) is 5.56 Å². The average Bonchev–Trinajstić information content (AvgIpc) is 2.61. The highest BCUT2D eigenvalue weighted by molar-refractivity contribution is 9.11. The van der Waals surface area contributed by atoms with Crippen molar-refractivity contribution >= 4 is 33.2 Å². The van der Waals surface area contributed by atoms with Gasteiger partial charge in [0.25, 0.3) is 5.91 Å². The molecule has 1 amide bonds. The molecule has 1 aliphatic rings. The molecular formula is C12H16BrNO2S. The lowest BCUT2D eigenvalue weighted by atomic mass is 9.99. The van der Waals surface area contributed by atoms with Crippen LogP contribution in [0.1, 0.15) is 35.0 Å². The van der Waals surface area contributed by atoms with Crippen LogP contribution in [0.3, 0.4) is 0 Å². The van der Waals surface area contributed by atoms with Gasteiger partial charge in [0.1, 0.15) is 0 Å². The van der Waals surface area contributed by atoms with Gasteiger partial charge >= 0.3 is 0 Å². The standard InChI is InChI=1S/C12H16BrNO2S/c1-7-6-9(11(13)17-7)12(16)14-5-3-4-10(15)8(14)2/h6,8,10,15H,3-5H2,1-2H3/t8-,10-/m1/s1. The van der Waals surface area contributed by atoms with E-state index in [9.17, 15) is 9.90 Å². The molecule has 2 atom stereocenters. The Bertz CT molecular complexity index is 432. The fourth-order valence-electron chi connectivity index (χ4n) is 2.20. The van der Waals surface area contributed by atoms with Crippen molar-refractivity contribution in [1.82, 2.24) is 4.90 Å². The first-order valence-corrected chi connectivity index (χ1v) is 7.36. The number of thiophene rings is 1. The van der Waals surface area contributed by atoms with E-state index in [-0.39, 0.29) is 11.9 Å². The number of carbonyl (C=O) groups excluding carboxylic acids is 1. The predicted molar refractivity (Wildman–Crippen MR) is 72.5 cm³/mol. The highest BCUT2D eigenvalue weighted by Gasteiger charge is 2.31. The van der Waals surface area contributed by atoms with E-state index in [1.807, 2.05) is 19.9 Å². The molecule has 3 nitrogen and oxygen atoms in total.